The van der Waals surface area contributed by atoms with Gasteiger partial charge in [0, 0.05) is 17.0 Å². The largest absolute Gasteiger partial charge is 0.493 e. The smallest absolute Gasteiger partial charge is 0.340 e. The van der Waals surface area contributed by atoms with Crippen LogP contribution in [0.3, 0.4) is 0 Å². The molecule has 0 fully saturated rings. The lowest BCUT2D eigenvalue weighted by atomic mass is 9.99. The van der Waals surface area contributed by atoms with Crippen molar-refractivity contribution >= 4 is 28.9 Å². The molecule has 1 aromatic carbocycles. The summed E-state index contributed by atoms with van der Waals surface area (Å²) in [6.45, 7) is 0. The van der Waals surface area contributed by atoms with E-state index in [1.807, 2.05) is 6.07 Å². The number of carbonyl (C=O) groups is 2. The van der Waals surface area contributed by atoms with Gasteiger partial charge in [-0.3, -0.25) is 4.79 Å². The van der Waals surface area contributed by atoms with Gasteiger partial charge < -0.3 is 19.5 Å². The van der Waals surface area contributed by atoms with Crippen LogP contribution in [-0.4, -0.2) is 33.2 Å². The average molecular weight is 375 g/mol. The van der Waals surface area contributed by atoms with E-state index in [1.54, 1.807) is 6.07 Å². The maximum atomic E-state index is 12.7. The number of ether oxygens (including phenoxy) is 3. The summed E-state index contributed by atoms with van der Waals surface area (Å²) >= 11 is 1.52. The number of amides is 1. The third-order valence-corrected chi connectivity index (χ3v) is 5.63. The molecule has 0 bridgehead atoms. The van der Waals surface area contributed by atoms with Crippen molar-refractivity contribution in [1.82, 2.24) is 0 Å². The molecule has 138 valence electrons. The summed E-state index contributed by atoms with van der Waals surface area (Å²) in [4.78, 5) is 26.8. The van der Waals surface area contributed by atoms with E-state index in [2.05, 4.69) is 5.32 Å². The molecule has 6 nitrogen and oxygen atoms in total. The summed E-state index contributed by atoms with van der Waals surface area (Å²) in [5.41, 5.74) is 1.79. The molecule has 0 aliphatic heterocycles. The maximum Gasteiger partial charge on any atom is 0.340 e. The lowest BCUT2D eigenvalue weighted by Crippen LogP contribution is -2.15. The number of carbonyl (C=O) groups excluding carboxylic acids is 2. The van der Waals surface area contributed by atoms with Crippen molar-refractivity contribution in [3.63, 3.8) is 0 Å². The number of esters is 1. The van der Waals surface area contributed by atoms with E-state index in [0.29, 0.717) is 22.1 Å². The van der Waals surface area contributed by atoms with E-state index in [9.17, 15) is 9.59 Å². The van der Waals surface area contributed by atoms with E-state index in [4.69, 9.17) is 14.2 Å². The molecule has 7 heteroatoms. The number of fused-ring (bicyclic) bond motifs is 1. The lowest BCUT2D eigenvalue weighted by molar-refractivity contribution is 0.0601. The molecule has 1 aromatic heterocycles. The fraction of sp³-hybridized carbons (Fsp3) is 0.368. The minimum absolute atomic E-state index is 0.208. The molecular weight excluding hydrogens is 354 g/mol. The van der Waals surface area contributed by atoms with Crippen LogP contribution in [0.1, 0.15) is 43.3 Å². The molecule has 1 N–H and O–H groups in total. The molecule has 0 saturated carbocycles. The van der Waals surface area contributed by atoms with Crippen LogP contribution in [0.5, 0.6) is 11.5 Å². The Morgan fingerprint density at radius 1 is 1.00 bits per heavy atom. The summed E-state index contributed by atoms with van der Waals surface area (Å²) < 4.78 is 15.3. The molecule has 1 aliphatic rings. The minimum atomic E-state index is -0.563. The quantitative estimate of drug-likeness (QED) is 0.807. The second kappa shape index (κ2) is 7.78. The van der Waals surface area contributed by atoms with Gasteiger partial charge in [-0.2, -0.15) is 0 Å². The van der Waals surface area contributed by atoms with E-state index >= 15 is 0 Å². The number of methoxy groups -OCH3 is 3. The molecule has 0 radical (unpaired) electrons. The number of nitrogens with one attached hydrogen (secondary N) is 1. The lowest BCUT2D eigenvalue weighted by Gasteiger charge is -2.14. The summed E-state index contributed by atoms with van der Waals surface area (Å²) in [6.07, 6.45) is 4.36. The van der Waals surface area contributed by atoms with Gasteiger partial charge in [-0.25, -0.2) is 4.79 Å². The first-order valence-electron chi connectivity index (χ1n) is 8.34. The van der Waals surface area contributed by atoms with Gasteiger partial charge in [-0.05, 0) is 37.3 Å². The molecule has 0 saturated heterocycles. The predicted octanol–water partition coefficient (Wildman–Crippen LogP) is 3.68. The Bertz CT molecular complexity index is 819. The van der Waals surface area contributed by atoms with E-state index in [1.165, 1.54) is 49.2 Å². The van der Waals surface area contributed by atoms with Crippen molar-refractivity contribution in [3.05, 3.63) is 39.1 Å². The predicted molar refractivity (Wildman–Crippen MR) is 99.8 cm³/mol. The number of hydrogen-bond acceptors (Lipinski definition) is 6. The molecular formula is C19H21NO5S. The van der Waals surface area contributed by atoms with Gasteiger partial charge in [0.25, 0.3) is 5.91 Å². The Balaban J connectivity index is 1.93. The highest BCUT2D eigenvalue weighted by Crippen LogP contribution is 2.35. The molecule has 0 atom stereocenters. The zero-order valence-electron chi connectivity index (χ0n) is 15.0. The van der Waals surface area contributed by atoms with Gasteiger partial charge >= 0.3 is 5.97 Å². The summed E-state index contributed by atoms with van der Waals surface area (Å²) in [5, 5.41) is 2.81. The SMILES string of the molecule is COC(=O)c1cc(OC)c(OC)cc1NC(=O)c1cc2c(s1)CCCC2. The summed E-state index contributed by atoms with van der Waals surface area (Å²) in [6, 6.07) is 5.02. The van der Waals surface area contributed by atoms with Crippen LogP contribution in [0.2, 0.25) is 0 Å². The van der Waals surface area contributed by atoms with Gasteiger partial charge in [0.1, 0.15) is 0 Å². The Kier molecular flexibility index (Phi) is 5.46. The standard InChI is InChI=1S/C19H21NO5S/c1-23-14-9-12(19(22)25-3)13(10-15(14)24-2)20-18(21)17-8-11-6-4-5-7-16(11)26-17/h8-10H,4-7H2,1-3H3,(H,20,21). The molecule has 1 aliphatic carbocycles. The first kappa shape index (κ1) is 18.3. The van der Waals surface area contributed by atoms with E-state index in [0.717, 1.165) is 25.7 Å². The van der Waals surface area contributed by atoms with Crippen molar-refractivity contribution in [2.75, 3.05) is 26.6 Å². The van der Waals surface area contributed by atoms with Gasteiger partial charge in [0.15, 0.2) is 11.5 Å². The molecule has 1 heterocycles. The molecule has 2 aromatic rings. The average Bonchev–Trinajstić information content (AvgIpc) is 3.11. The third kappa shape index (κ3) is 3.53. The highest BCUT2D eigenvalue weighted by Gasteiger charge is 2.22. The minimum Gasteiger partial charge on any atom is -0.493 e. The Morgan fingerprint density at radius 2 is 1.69 bits per heavy atom. The zero-order chi connectivity index (χ0) is 18.7. The third-order valence-electron chi connectivity index (χ3n) is 4.40. The van der Waals surface area contributed by atoms with Crippen LogP contribution in [-0.2, 0) is 17.6 Å². The monoisotopic (exact) mass is 375 g/mol. The Labute approximate surface area is 156 Å². The van der Waals surface area contributed by atoms with Crippen molar-refractivity contribution in [3.8, 4) is 11.5 Å². The van der Waals surface area contributed by atoms with Crippen molar-refractivity contribution in [2.24, 2.45) is 0 Å². The van der Waals surface area contributed by atoms with E-state index < -0.39 is 5.97 Å². The first-order valence-corrected chi connectivity index (χ1v) is 9.16. The van der Waals surface area contributed by atoms with Gasteiger partial charge in [0.2, 0.25) is 0 Å². The van der Waals surface area contributed by atoms with Crippen LogP contribution in [0.15, 0.2) is 18.2 Å². The van der Waals surface area contributed by atoms with Gasteiger partial charge in [-0.15, -0.1) is 11.3 Å². The normalized spacial score (nSPS) is 12.9. The number of hydrogen-bond donors (Lipinski definition) is 1. The maximum absolute atomic E-state index is 12.7. The molecule has 1 amide bonds. The molecule has 26 heavy (non-hydrogen) atoms. The number of anilines is 1. The fourth-order valence-electron chi connectivity index (χ4n) is 3.05. The summed E-state index contributed by atoms with van der Waals surface area (Å²) in [5.74, 6) is -0.00749. The van der Waals surface area contributed by atoms with Crippen molar-refractivity contribution in [1.29, 1.82) is 0 Å². The second-order valence-corrected chi connectivity index (χ2v) is 7.10. The van der Waals surface area contributed by atoms with Crippen molar-refractivity contribution < 1.29 is 23.8 Å². The first-order chi connectivity index (χ1) is 12.6. The highest BCUT2D eigenvalue weighted by atomic mass is 32.1. The van der Waals surface area contributed by atoms with Crippen LogP contribution in [0.25, 0.3) is 0 Å². The van der Waals surface area contributed by atoms with Gasteiger partial charge in [0.05, 0.1) is 37.5 Å². The van der Waals surface area contributed by atoms with Gasteiger partial charge in [-0.1, -0.05) is 0 Å². The van der Waals surface area contributed by atoms with Crippen LogP contribution in [0.4, 0.5) is 5.69 Å². The fourth-order valence-corrected chi connectivity index (χ4v) is 4.20. The molecule has 0 spiro atoms. The Hall–Kier alpha value is -2.54. The van der Waals surface area contributed by atoms with Crippen molar-refractivity contribution in [2.45, 2.75) is 25.7 Å². The topological polar surface area (TPSA) is 73.9 Å². The molecule has 0 unspecified atom stereocenters. The van der Waals surface area contributed by atoms with Crippen LogP contribution >= 0.6 is 11.3 Å². The van der Waals surface area contributed by atoms with Crippen LogP contribution in [0, 0.1) is 0 Å². The van der Waals surface area contributed by atoms with Crippen LogP contribution < -0.4 is 14.8 Å². The number of thiophene rings is 1. The summed E-state index contributed by atoms with van der Waals surface area (Å²) in [7, 11) is 4.26. The number of aryl methyl sites for hydroxylation is 2. The highest BCUT2D eigenvalue weighted by molar-refractivity contribution is 7.14. The second-order valence-electron chi connectivity index (χ2n) is 5.96. The molecule has 3 rings (SSSR count). The van der Waals surface area contributed by atoms with E-state index in [-0.39, 0.29) is 11.5 Å². The number of benzene rings is 1. The number of rotatable bonds is 5. The Morgan fingerprint density at radius 3 is 2.35 bits per heavy atom. The zero-order valence-corrected chi connectivity index (χ0v) is 15.8.